The predicted molar refractivity (Wildman–Crippen MR) is 71.2 cm³/mol. The zero-order valence-corrected chi connectivity index (χ0v) is 10.5. The SMILES string of the molecule is CC(=O)Nc1ccc(-c2cn(CC(N)=O)cn2)cc1. The van der Waals surface area contributed by atoms with Gasteiger partial charge >= 0.3 is 0 Å². The second kappa shape index (κ2) is 5.34. The number of imidazole rings is 1. The number of anilines is 1. The highest BCUT2D eigenvalue weighted by Crippen LogP contribution is 2.19. The fourth-order valence-electron chi connectivity index (χ4n) is 1.70. The van der Waals surface area contributed by atoms with Crippen LogP contribution in [0.2, 0.25) is 0 Å². The van der Waals surface area contributed by atoms with E-state index in [-0.39, 0.29) is 12.5 Å². The number of primary amides is 1. The molecule has 2 aromatic rings. The molecule has 0 saturated heterocycles. The molecule has 6 heteroatoms. The number of nitrogens with two attached hydrogens (primary N) is 1. The average Bonchev–Trinajstić information content (AvgIpc) is 2.76. The summed E-state index contributed by atoms with van der Waals surface area (Å²) in [7, 11) is 0. The van der Waals surface area contributed by atoms with Gasteiger partial charge in [-0.25, -0.2) is 4.98 Å². The van der Waals surface area contributed by atoms with E-state index in [1.54, 1.807) is 29.2 Å². The summed E-state index contributed by atoms with van der Waals surface area (Å²) in [6.07, 6.45) is 3.31. The molecule has 3 N–H and O–H groups in total. The van der Waals surface area contributed by atoms with E-state index in [1.165, 1.54) is 6.92 Å². The third kappa shape index (κ3) is 3.41. The van der Waals surface area contributed by atoms with Crippen LogP contribution in [-0.4, -0.2) is 21.4 Å². The lowest BCUT2D eigenvalue weighted by Gasteiger charge is -2.02. The van der Waals surface area contributed by atoms with Crippen LogP contribution in [0.5, 0.6) is 0 Å². The van der Waals surface area contributed by atoms with E-state index in [9.17, 15) is 9.59 Å². The normalized spacial score (nSPS) is 10.2. The molecular formula is C13H14N4O2. The van der Waals surface area contributed by atoms with Crippen molar-refractivity contribution in [1.29, 1.82) is 0 Å². The van der Waals surface area contributed by atoms with Crippen molar-refractivity contribution in [2.24, 2.45) is 5.73 Å². The maximum absolute atomic E-state index is 10.9. The zero-order valence-electron chi connectivity index (χ0n) is 10.5. The van der Waals surface area contributed by atoms with Crippen molar-refractivity contribution in [3.8, 4) is 11.3 Å². The van der Waals surface area contributed by atoms with E-state index in [0.717, 1.165) is 16.9 Å². The molecule has 0 fully saturated rings. The lowest BCUT2D eigenvalue weighted by Crippen LogP contribution is -2.17. The molecule has 0 spiro atoms. The highest BCUT2D eigenvalue weighted by Gasteiger charge is 2.04. The van der Waals surface area contributed by atoms with Crippen LogP contribution in [0.15, 0.2) is 36.8 Å². The third-order valence-corrected chi connectivity index (χ3v) is 2.47. The summed E-state index contributed by atoms with van der Waals surface area (Å²) >= 11 is 0. The van der Waals surface area contributed by atoms with Crippen molar-refractivity contribution in [1.82, 2.24) is 9.55 Å². The standard InChI is InChI=1S/C13H14N4O2/c1-9(18)16-11-4-2-10(3-5-11)12-6-17(8-15-12)7-13(14)19/h2-6,8H,7H2,1H3,(H2,14,19)(H,16,18). The minimum Gasteiger partial charge on any atom is -0.368 e. The number of rotatable bonds is 4. The second-order valence-electron chi connectivity index (χ2n) is 4.16. The average molecular weight is 258 g/mol. The Hall–Kier alpha value is -2.63. The number of hydrogen-bond donors (Lipinski definition) is 2. The van der Waals surface area contributed by atoms with Crippen molar-refractivity contribution >= 4 is 17.5 Å². The highest BCUT2D eigenvalue weighted by atomic mass is 16.1. The Morgan fingerprint density at radius 2 is 2.00 bits per heavy atom. The van der Waals surface area contributed by atoms with E-state index < -0.39 is 5.91 Å². The van der Waals surface area contributed by atoms with Crippen LogP contribution in [-0.2, 0) is 16.1 Å². The molecule has 1 aromatic carbocycles. The molecule has 0 aliphatic rings. The molecule has 0 aliphatic heterocycles. The maximum atomic E-state index is 10.9. The number of nitrogens with zero attached hydrogens (tertiary/aromatic N) is 2. The molecule has 0 radical (unpaired) electrons. The molecule has 0 bridgehead atoms. The number of benzene rings is 1. The van der Waals surface area contributed by atoms with Crippen LogP contribution in [0, 0.1) is 0 Å². The molecule has 1 aromatic heterocycles. The van der Waals surface area contributed by atoms with Gasteiger partial charge in [0.15, 0.2) is 0 Å². The smallest absolute Gasteiger partial charge is 0.237 e. The fraction of sp³-hybridized carbons (Fsp3) is 0.154. The maximum Gasteiger partial charge on any atom is 0.237 e. The molecule has 19 heavy (non-hydrogen) atoms. The molecular weight excluding hydrogens is 244 g/mol. The Labute approximate surface area is 110 Å². The van der Waals surface area contributed by atoms with Gasteiger partial charge in [0.2, 0.25) is 11.8 Å². The van der Waals surface area contributed by atoms with Gasteiger partial charge in [-0.05, 0) is 12.1 Å². The van der Waals surface area contributed by atoms with Gasteiger partial charge in [-0.1, -0.05) is 12.1 Å². The first kappa shape index (κ1) is 12.8. The van der Waals surface area contributed by atoms with Gasteiger partial charge in [0.1, 0.15) is 6.54 Å². The van der Waals surface area contributed by atoms with Gasteiger partial charge in [-0.2, -0.15) is 0 Å². The number of aromatic nitrogens is 2. The summed E-state index contributed by atoms with van der Waals surface area (Å²) in [6, 6.07) is 7.29. The van der Waals surface area contributed by atoms with Crippen molar-refractivity contribution < 1.29 is 9.59 Å². The second-order valence-corrected chi connectivity index (χ2v) is 4.16. The van der Waals surface area contributed by atoms with Crippen molar-refractivity contribution in [3.05, 3.63) is 36.8 Å². The third-order valence-electron chi connectivity index (χ3n) is 2.47. The van der Waals surface area contributed by atoms with Gasteiger partial charge in [0.25, 0.3) is 0 Å². The van der Waals surface area contributed by atoms with Crippen LogP contribution in [0.4, 0.5) is 5.69 Å². The molecule has 1 heterocycles. The highest BCUT2D eigenvalue weighted by molar-refractivity contribution is 5.88. The first-order valence-electron chi connectivity index (χ1n) is 5.72. The summed E-state index contributed by atoms with van der Waals surface area (Å²) in [5, 5.41) is 2.69. The number of carbonyl (C=O) groups is 2. The monoisotopic (exact) mass is 258 g/mol. The van der Waals surface area contributed by atoms with Crippen LogP contribution in [0.25, 0.3) is 11.3 Å². The number of nitrogens with one attached hydrogen (secondary N) is 1. The first-order chi connectivity index (χ1) is 9.04. The summed E-state index contributed by atoms with van der Waals surface area (Å²) in [4.78, 5) is 25.9. The van der Waals surface area contributed by atoms with Crippen LogP contribution < -0.4 is 11.1 Å². The minimum atomic E-state index is -0.412. The molecule has 0 unspecified atom stereocenters. The molecule has 98 valence electrons. The summed E-state index contributed by atoms with van der Waals surface area (Å²) in [5.74, 6) is -0.525. The van der Waals surface area contributed by atoms with Crippen molar-refractivity contribution in [2.45, 2.75) is 13.5 Å². The largest absolute Gasteiger partial charge is 0.368 e. The topological polar surface area (TPSA) is 90.0 Å². The minimum absolute atomic E-state index is 0.108. The Morgan fingerprint density at radius 3 is 2.58 bits per heavy atom. The quantitative estimate of drug-likeness (QED) is 0.857. The van der Waals surface area contributed by atoms with Crippen molar-refractivity contribution in [3.63, 3.8) is 0 Å². The summed E-state index contributed by atoms with van der Waals surface area (Å²) < 4.78 is 1.62. The van der Waals surface area contributed by atoms with E-state index in [0.29, 0.717) is 0 Å². The van der Waals surface area contributed by atoms with E-state index >= 15 is 0 Å². The van der Waals surface area contributed by atoms with Crippen LogP contribution >= 0.6 is 0 Å². The molecule has 6 nitrogen and oxygen atoms in total. The predicted octanol–water partition coefficient (Wildman–Crippen LogP) is 0.994. The summed E-state index contributed by atoms with van der Waals surface area (Å²) in [6.45, 7) is 1.57. The van der Waals surface area contributed by atoms with Gasteiger partial charge in [-0.15, -0.1) is 0 Å². The van der Waals surface area contributed by atoms with Crippen LogP contribution in [0.1, 0.15) is 6.92 Å². The fourth-order valence-corrected chi connectivity index (χ4v) is 1.70. The number of carbonyl (C=O) groups excluding carboxylic acids is 2. The van der Waals surface area contributed by atoms with Crippen molar-refractivity contribution in [2.75, 3.05) is 5.32 Å². The molecule has 0 atom stereocenters. The molecule has 2 amide bonds. The van der Waals surface area contributed by atoms with E-state index in [4.69, 9.17) is 5.73 Å². The zero-order chi connectivity index (χ0) is 13.8. The Balaban J connectivity index is 2.15. The van der Waals surface area contributed by atoms with Gasteiger partial charge in [0, 0.05) is 24.4 Å². The van der Waals surface area contributed by atoms with E-state index in [2.05, 4.69) is 10.3 Å². The van der Waals surface area contributed by atoms with Gasteiger partial charge in [0.05, 0.1) is 12.0 Å². The van der Waals surface area contributed by atoms with Gasteiger partial charge in [-0.3, -0.25) is 9.59 Å². The lowest BCUT2D eigenvalue weighted by atomic mass is 10.1. The van der Waals surface area contributed by atoms with E-state index in [1.807, 2.05) is 12.1 Å². The number of amides is 2. The Bertz CT molecular complexity index is 601. The summed E-state index contributed by atoms with van der Waals surface area (Å²) in [5.41, 5.74) is 7.49. The molecule has 2 rings (SSSR count). The lowest BCUT2D eigenvalue weighted by molar-refractivity contribution is -0.118. The van der Waals surface area contributed by atoms with Crippen LogP contribution in [0.3, 0.4) is 0 Å². The van der Waals surface area contributed by atoms with Gasteiger partial charge < -0.3 is 15.6 Å². The molecule has 0 saturated carbocycles. The Kier molecular flexibility index (Phi) is 3.61. The first-order valence-corrected chi connectivity index (χ1v) is 5.72. The molecule has 0 aliphatic carbocycles. The Morgan fingerprint density at radius 1 is 1.32 bits per heavy atom. The number of hydrogen-bond acceptors (Lipinski definition) is 3.